The average molecular weight is 265 g/mol. The summed E-state index contributed by atoms with van der Waals surface area (Å²) in [4.78, 5) is 0.0300. The maximum atomic E-state index is 12.3. The number of nitriles is 1. The number of sulfonamides is 1. The van der Waals surface area contributed by atoms with Crippen LogP contribution in [-0.4, -0.2) is 26.3 Å². The molecule has 0 saturated heterocycles. The maximum absolute atomic E-state index is 12.3. The van der Waals surface area contributed by atoms with Gasteiger partial charge in [0.2, 0.25) is 10.0 Å². The molecule has 18 heavy (non-hydrogen) atoms. The van der Waals surface area contributed by atoms with E-state index in [4.69, 9.17) is 11.0 Å². The molecule has 0 aliphatic heterocycles. The fourth-order valence-electron chi connectivity index (χ4n) is 1.79. The van der Waals surface area contributed by atoms with Gasteiger partial charge in [-0.25, -0.2) is 12.7 Å². The maximum Gasteiger partial charge on any atom is 0.244 e. The van der Waals surface area contributed by atoms with Gasteiger partial charge in [0.25, 0.3) is 0 Å². The molecule has 0 unspecified atom stereocenters. The lowest BCUT2D eigenvalue weighted by Gasteiger charge is -2.17. The number of hydrogen-bond donors (Lipinski definition) is 1. The summed E-state index contributed by atoms with van der Waals surface area (Å²) in [6, 6.07) is 6.16. The third-order valence-electron chi connectivity index (χ3n) is 3.02. The lowest BCUT2D eigenvalue weighted by molar-refractivity contribution is 0.452. The zero-order chi connectivity index (χ0) is 13.3. The van der Waals surface area contributed by atoms with E-state index in [-0.39, 0.29) is 10.5 Å². The van der Waals surface area contributed by atoms with E-state index in [9.17, 15) is 8.42 Å². The van der Waals surface area contributed by atoms with Gasteiger partial charge in [-0.05, 0) is 37.0 Å². The van der Waals surface area contributed by atoms with Crippen molar-refractivity contribution >= 4 is 15.7 Å². The largest absolute Gasteiger partial charge is 0.399 e. The van der Waals surface area contributed by atoms with Gasteiger partial charge in [-0.3, -0.25) is 0 Å². The highest BCUT2D eigenvalue weighted by atomic mass is 32.2. The van der Waals surface area contributed by atoms with Crippen molar-refractivity contribution in [2.75, 3.05) is 19.3 Å². The van der Waals surface area contributed by atoms with E-state index >= 15 is 0 Å². The van der Waals surface area contributed by atoms with E-state index in [2.05, 4.69) is 0 Å². The molecule has 1 aromatic carbocycles. The summed E-state index contributed by atoms with van der Waals surface area (Å²) in [6.07, 6.45) is 2.15. The molecule has 2 rings (SSSR count). The van der Waals surface area contributed by atoms with Crippen LogP contribution in [-0.2, 0) is 10.0 Å². The normalized spacial score (nSPS) is 15.6. The molecule has 1 aliphatic rings. The number of nitrogen functional groups attached to an aromatic ring is 1. The topological polar surface area (TPSA) is 87.2 Å². The molecular weight excluding hydrogens is 250 g/mol. The highest BCUT2D eigenvalue weighted by Crippen LogP contribution is 2.31. The van der Waals surface area contributed by atoms with Crippen LogP contribution >= 0.6 is 0 Å². The van der Waals surface area contributed by atoms with E-state index in [1.165, 1.54) is 22.5 Å². The third kappa shape index (κ3) is 2.47. The molecule has 6 heteroatoms. The van der Waals surface area contributed by atoms with Gasteiger partial charge in [0.05, 0.1) is 5.56 Å². The fraction of sp³-hybridized carbons (Fsp3) is 0.417. The Kier molecular flexibility index (Phi) is 3.28. The summed E-state index contributed by atoms with van der Waals surface area (Å²) in [5, 5.41) is 8.99. The minimum atomic E-state index is -3.60. The quantitative estimate of drug-likeness (QED) is 0.828. The molecule has 0 radical (unpaired) electrons. The molecule has 0 spiro atoms. The van der Waals surface area contributed by atoms with Crippen LogP contribution in [0.2, 0.25) is 0 Å². The molecule has 0 bridgehead atoms. The number of benzene rings is 1. The Morgan fingerprint density at radius 3 is 2.72 bits per heavy atom. The van der Waals surface area contributed by atoms with Gasteiger partial charge in [0.1, 0.15) is 11.0 Å². The van der Waals surface area contributed by atoms with E-state index in [0.717, 1.165) is 12.8 Å². The SMILES string of the molecule is CN(CC1CC1)S(=O)(=O)c1ccc(N)cc1C#N. The molecule has 0 amide bonds. The van der Waals surface area contributed by atoms with Crippen LogP contribution in [0.25, 0.3) is 0 Å². The number of hydrogen-bond acceptors (Lipinski definition) is 4. The Bertz CT molecular complexity index is 600. The summed E-state index contributed by atoms with van der Waals surface area (Å²) >= 11 is 0. The standard InChI is InChI=1S/C12H15N3O2S/c1-15(8-9-2-3-9)18(16,17)12-5-4-11(14)6-10(12)7-13/h4-6,9H,2-3,8,14H2,1H3. The van der Waals surface area contributed by atoms with Crippen molar-refractivity contribution in [3.05, 3.63) is 23.8 Å². The first kappa shape index (κ1) is 12.9. The lowest BCUT2D eigenvalue weighted by atomic mass is 10.2. The minimum absolute atomic E-state index is 0.0300. The fourth-order valence-corrected chi connectivity index (χ4v) is 3.16. The van der Waals surface area contributed by atoms with Gasteiger partial charge in [-0.1, -0.05) is 0 Å². The van der Waals surface area contributed by atoms with Gasteiger partial charge < -0.3 is 5.73 Å². The molecule has 5 nitrogen and oxygen atoms in total. The van der Waals surface area contributed by atoms with Gasteiger partial charge in [-0.15, -0.1) is 0 Å². The first-order valence-electron chi connectivity index (χ1n) is 5.71. The molecule has 0 aromatic heterocycles. The smallest absolute Gasteiger partial charge is 0.244 e. The Balaban J connectivity index is 2.37. The number of nitrogens with zero attached hydrogens (tertiary/aromatic N) is 2. The highest BCUT2D eigenvalue weighted by Gasteiger charge is 2.30. The summed E-state index contributed by atoms with van der Waals surface area (Å²) in [5.41, 5.74) is 6.03. The van der Waals surface area contributed by atoms with Crippen molar-refractivity contribution in [3.8, 4) is 6.07 Å². The van der Waals surface area contributed by atoms with Crippen LogP contribution in [0.5, 0.6) is 0 Å². The van der Waals surface area contributed by atoms with Crippen LogP contribution in [0.3, 0.4) is 0 Å². The van der Waals surface area contributed by atoms with Gasteiger partial charge in [0, 0.05) is 19.3 Å². The second kappa shape index (κ2) is 4.59. The van der Waals surface area contributed by atoms with Crippen LogP contribution in [0.4, 0.5) is 5.69 Å². The van der Waals surface area contributed by atoms with Crippen molar-refractivity contribution in [2.45, 2.75) is 17.7 Å². The van der Waals surface area contributed by atoms with E-state index in [1.54, 1.807) is 7.05 Å². The highest BCUT2D eigenvalue weighted by molar-refractivity contribution is 7.89. The first-order valence-corrected chi connectivity index (χ1v) is 7.15. The van der Waals surface area contributed by atoms with Gasteiger partial charge in [-0.2, -0.15) is 5.26 Å². The zero-order valence-corrected chi connectivity index (χ0v) is 10.9. The van der Waals surface area contributed by atoms with E-state index in [1.807, 2.05) is 6.07 Å². The van der Waals surface area contributed by atoms with Crippen molar-refractivity contribution in [3.63, 3.8) is 0 Å². The van der Waals surface area contributed by atoms with Gasteiger partial charge in [0.15, 0.2) is 0 Å². The lowest BCUT2D eigenvalue weighted by Crippen LogP contribution is -2.29. The monoisotopic (exact) mass is 265 g/mol. The van der Waals surface area contributed by atoms with E-state index in [0.29, 0.717) is 18.2 Å². The van der Waals surface area contributed by atoms with Gasteiger partial charge >= 0.3 is 0 Å². The van der Waals surface area contributed by atoms with Crippen molar-refractivity contribution in [1.82, 2.24) is 4.31 Å². The summed E-state index contributed by atoms with van der Waals surface area (Å²) in [5.74, 6) is 0.462. The Labute approximate surface area is 107 Å². The Morgan fingerprint density at radius 1 is 1.50 bits per heavy atom. The molecule has 96 valence electrons. The van der Waals surface area contributed by atoms with Crippen molar-refractivity contribution in [1.29, 1.82) is 5.26 Å². The number of anilines is 1. The zero-order valence-electron chi connectivity index (χ0n) is 10.1. The Morgan fingerprint density at radius 2 is 2.17 bits per heavy atom. The van der Waals surface area contributed by atoms with Crippen molar-refractivity contribution in [2.24, 2.45) is 5.92 Å². The predicted molar refractivity (Wildman–Crippen MR) is 68.1 cm³/mol. The van der Waals surface area contributed by atoms with Crippen LogP contribution in [0, 0.1) is 17.2 Å². The molecule has 0 heterocycles. The number of nitrogens with two attached hydrogens (primary N) is 1. The molecule has 2 N–H and O–H groups in total. The predicted octanol–water partition coefficient (Wildman–Crippen LogP) is 1.17. The molecule has 1 fully saturated rings. The summed E-state index contributed by atoms with van der Waals surface area (Å²) in [7, 11) is -2.05. The summed E-state index contributed by atoms with van der Waals surface area (Å²) < 4.78 is 26.0. The van der Waals surface area contributed by atoms with Crippen LogP contribution < -0.4 is 5.73 Å². The second-order valence-corrected chi connectivity index (χ2v) is 6.61. The van der Waals surface area contributed by atoms with E-state index < -0.39 is 10.0 Å². The summed E-state index contributed by atoms with van der Waals surface area (Å²) in [6.45, 7) is 0.511. The third-order valence-corrected chi connectivity index (χ3v) is 4.91. The molecular formula is C12H15N3O2S. The Hall–Kier alpha value is -1.58. The molecule has 1 saturated carbocycles. The number of rotatable bonds is 4. The second-order valence-electron chi connectivity index (χ2n) is 4.60. The van der Waals surface area contributed by atoms with Crippen LogP contribution in [0.1, 0.15) is 18.4 Å². The average Bonchev–Trinajstić information content (AvgIpc) is 3.12. The van der Waals surface area contributed by atoms with Crippen molar-refractivity contribution < 1.29 is 8.42 Å². The van der Waals surface area contributed by atoms with Crippen LogP contribution in [0.15, 0.2) is 23.1 Å². The molecule has 0 atom stereocenters. The molecule has 1 aromatic rings. The molecule has 1 aliphatic carbocycles. The minimum Gasteiger partial charge on any atom is -0.399 e. The first-order chi connectivity index (χ1) is 8.45.